The second kappa shape index (κ2) is 8.40. The summed E-state index contributed by atoms with van der Waals surface area (Å²) in [5.41, 5.74) is 0.574. The van der Waals surface area contributed by atoms with Crippen molar-refractivity contribution in [2.24, 2.45) is 0 Å². The van der Waals surface area contributed by atoms with Crippen LogP contribution >= 0.6 is 0 Å². The van der Waals surface area contributed by atoms with E-state index >= 15 is 0 Å². The van der Waals surface area contributed by atoms with Crippen molar-refractivity contribution in [1.82, 2.24) is 10.2 Å². The molecule has 2 fully saturated rings. The van der Waals surface area contributed by atoms with Crippen LogP contribution in [0.4, 0.5) is 0 Å². The molecule has 2 aliphatic rings. The van der Waals surface area contributed by atoms with E-state index < -0.39 is 0 Å². The molecule has 1 N–H and O–H groups in total. The molecule has 1 unspecified atom stereocenters. The summed E-state index contributed by atoms with van der Waals surface area (Å²) in [5.74, 6) is 1.08. The lowest BCUT2D eigenvalue weighted by molar-refractivity contribution is -0.131. The molecule has 1 aromatic rings. The molecule has 2 aliphatic heterocycles. The maximum atomic E-state index is 12.7. The second-order valence-electron chi connectivity index (χ2n) is 6.65. The number of rotatable bonds is 5. The van der Waals surface area contributed by atoms with E-state index in [2.05, 4.69) is 5.32 Å². The minimum absolute atomic E-state index is 0.0211. The van der Waals surface area contributed by atoms with E-state index in [4.69, 9.17) is 14.2 Å². The fraction of sp³-hybridized carbons (Fsp3) is 0.579. The molecule has 2 saturated heterocycles. The average Bonchev–Trinajstić information content (AvgIpc) is 3.22. The fourth-order valence-corrected chi connectivity index (χ4v) is 3.46. The number of hydrogen-bond acceptors (Lipinski definition) is 5. The van der Waals surface area contributed by atoms with Gasteiger partial charge in [0.25, 0.3) is 5.91 Å². The fourth-order valence-electron chi connectivity index (χ4n) is 3.46. The van der Waals surface area contributed by atoms with Gasteiger partial charge in [0.15, 0.2) is 11.5 Å². The highest BCUT2D eigenvalue weighted by Crippen LogP contribution is 2.28. The molecule has 0 aromatic heterocycles. The Morgan fingerprint density at radius 2 is 1.85 bits per heavy atom. The molecule has 0 aliphatic carbocycles. The van der Waals surface area contributed by atoms with Gasteiger partial charge in [-0.15, -0.1) is 0 Å². The van der Waals surface area contributed by atoms with E-state index in [-0.39, 0.29) is 24.0 Å². The zero-order chi connectivity index (χ0) is 18.5. The number of nitrogens with one attached hydrogen (secondary N) is 1. The van der Waals surface area contributed by atoms with Gasteiger partial charge in [0.2, 0.25) is 5.91 Å². The molecule has 0 radical (unpaired) electrons. The van der Waals surface area contributed by atoms with Gasteiger partial charge in [0.1, 0.15) is 6.10 Å². The maximum absolute atomic E-state index is 12.7. The highest BCUT2D eigenvalue weighted by Gasteiger charge is 2.29. The average molecular weight is 362 g/mol. The summed E-state index contributed by atoms with van der Waals surface area (Å²) in [7, 11) is 3.11. The first kappa shape index (κ1) is 18.5. The van der Waals surface area contributed by atoms with Crippen LogP contribution in [0.1, 0.15) is 36.0 Å². The molecule has 142 valence electrons. The third kappa shape index (κ3) is 4.09. The lowest BCUT2D eigenvalue weighted by atomic mass is 10.0. The number of amides is 2. The quantitative estimate of drug-likeness (QED) is 0.861. The zero-order valence-corrected chi connectivity index (χ0v) is 15.3. The normalized spacial score (nSPS) is 20.7. The third-order valence-corrected chi connectivity index (χ3v) is 4.98. The Morgan fingerprint density at radius 1 is 1.12 bits per heavy atom. The first-order chi connectivity index (χ1) is 12.6. The van der Waals surface area contributed by atoms with Gasteiger partial charge in [0, 0.05) is 31.3 Å². The van der Waals surface area contributed by atoms with Crippen LogP contribution in [0.15, 0.2) is 18.2 Å². The predicted octanol–water partition coefficient (Wildman–Crippen LogP) is 1.60. The molecular weight excluding hydrogens is 336 g/mol. The Labute approximate surface area is 153 Å². The molecule has 7 heteroatoms. The molecule has 2 heterocycles. The van der Waals surface area contributed by atoms with Crippen LogP contribution in [-0.4, -0.2) is 62.8 Å². The summed E-state index contributed by atoms with van der Waals surface area (Å²) in [6.45, 7) is 1.89. The molecule has 0 bridgehead atoms. The Balaban J connectivity index is 1.54. The first-order valence-electron chi connectivity index (χ1n) is 9.05. The van der Waals surface area contributed by atoms with Crippen LogP contribution in [0.2, 0.25) is 0 Å². The van der Waals surface area contributed by atoms with Gasteiger partial charge < -0.3 is 24.4 Å². The molecule has 3 rings (SSSR count). The summed E-state index contributed by atoms with van der Waals surface area (Å²) in [6, 6.07) is 5.28. The number of piperidine rings is 1. The van der Waals surface area contributed by atoms with E-state index in [0.717, 1.165) is 25.7 Å². The van der Waals surface area contributed by atoms with Gasteiger partial charge in [-0.2, -0.15) is 0 Å². The number of carbonyl (C=O) groups is 2. The van der Waals surface area contributed by atoms with Crippen LogP contribution in [0, 0.1) is 0 Å². The molecule has 26 heavy (non-hydrogen) atoms. The minimum atomic E-state index is -0.304. The van der Waals surface area contributed by atoms with E-state index in [0.29, 0.717) is 36.8 Å². The molecule has 0 saturated carbocycles. The zero-order valence-electron chi connectivity index (χ0n) is 15.3. The van der Waals surface area contributed by atoms with Gasteiger partial charge in [-0.05, 0) is 43.9 Å². The summed E-state index contributed by atoms with van der Waals surface area (Å²) >= 11 is 0. The highest BCUT2D eigenvalue weighted by molar-refractivity contribution is 5.95. The van der Waals surface area contributed by atoms with Crippen molar-refractivity contribution in [3.8, 4) is 11.5 Å². The molecule has 1 atom stereocenters. The number of nitrogens with zero attached hydrogens (tertiary/aromatic N) is 1. The Hall–Kier alpha value is -2.28. The van der Waals surface area contributed by atoms with E-state index in [1.807, 2.05) is 4.90 Å². The number of methoxy groups -OCH3 is 2. The Morgan fingerprint density at radius 3 is 2.46 bits per heavy atom. The summed E-state index contributed by atoms with van der Waals surface area (Å²) in [6.07, 6.45) is 2.93. The van der Waals surface area contributed by atoms with Crippen molar-refractivity contribution in [3.63, 3.8) is 0 Å². The summed E-state index contributed by atoms with van der Waals surface area (Å²) < 4.78 is 15.9. The van der Waals surface area contributed by atoms with Gasteiger partial charge in [-0.3, -0.25) is 9.59 Å². The standard InChI is InChI=1S/C19H26N2O5/c1-24-15-6-5-13(12-17(15)25-2)19(23)21-9-7-14(8-10-21)20-18(22)16-4-3-11-26-16/h5-6,12,14,16H,3-4,7-11H2,1-2H3,(H,20,22). The number of benzene rings is 1. The van der Waals surface area contributed by atoms with Crippen LogP contribution in [0.3, 0.4) is 0 Å². The van der Waals surface area contributed by atoms with Crippen molar-refractivity contribution in [2.45, 2.75) is 37.8 Å². The number of ether oxygens (including phenoxy) is 3. The van der Waals surface area contributed by atoms with Crippen molar-refractivity contribution < 1.29 is 23.8 Å². The molecule has 2 amide bonds. The third-order valence-electron chi connectivity index (χ3n) is 4.98. The van der Waals surface area contributed by atoms with Gasteiger partial charge in [-0.25, -0.2) is 0 Å². The van der Waals surface area contributed by atoms with Crippen molar-refractivity contribution in [2.75, 3.05) is 33.9 Å². The lowest BCUT2D eigenvalue weighted by Crippen LogP contribution is -2.48. The van der Waals surface area contributed by atoms with Crippen LogP contribution < -0.4 is 14.8 Å². The summed E-state index contributed by atoms with van der Waals surface area (Å²) in [5, 5.41) is 3.05. The number of likely N-dealkylation sites (tertiary alicyclic amines) is 1. The molecule has 0 spiro atoms. The van der Waals surface area contributed by atoms with Crippen LogP contribution in [0.25, 0.3) is 0 Å². The maximum Gasteiger partial charge on any atom is 0.253 e. The second-order valence-corrected chi connectivity index (χ2v) is 6.65. The predicted molar refractivity (Wildman–Crippen MR) is 95.6 cm³/mol. The van der Waals surface area contributed by atoms with Crippen molar-refractivity contribution in [3.05, 3.63) is 23.8 Å². The molecule has 1 aromatic carbocycles. The van der Waals surface area contributed by atoms with Gasteiger partial charge in [-0.1, -0.05) is 0 Å². The van der Waals surface area contributed by atoms with Crippen molar-refractivity contribution >= 4 is 11.8 Å². The van der Waals surface area contributed by atoms with Crippen molar-refractivity contribution in [1.29, 1.82) is 0 Å². The molecular formula is C19H26N2O5. The van der Waals surface area contributed by atoms with Crippen LogP contribution in [-0.2, 0) is 9.53 Å². The number of carbonyl (C=O) groups excluding carboxylic acids is 2. The largest absolute Gasteiger partial charge is 0.493 e. The summed E-state index contributed by atoms with van der Waals surface area (Å²) in [4.78, 5) is 26.7. The van der Waals surface area contributed by atoms with E-state index in [9.17, 15) is 9.59 Å². The van der Waals surface area contributed by atoms with Gasteiger partial charge in [0.05, 0.1) is 14.2 Å². The number of hydrogen-bond donors (Lipinski definition) is 1. The first-order valence-corrected chi connectivity index (χ1v) is 9.05. The Bertz CT molecular complexity index is 649. The van der Waals surface area contributed by atoms with Gasteiger partial charge >= 0.3 is 0 Å². The van der Waals surface area contributed by atoms with E-state index in [1.165, 1.54) is 0 Å². The Kier molecular flexibility index (Phi) is 5.98. The SMILES string of the molecule is COc1ccc(C(=O)N2CCC(NC(=O)C3CCCO3)CC2)cc1OC. The highest BCUT2D eigenvalue weighted by atomic mass is 16.5. The lowest BCUT2D eigenvalue weighted by Gasteiger charge is -2.33. The smallest absolute Gasteiger partial charge is 0.253 e. The van der Waals surface area contributed by atoms with E-state index in [1.54, 1.807) is 32.4 Å². The molecule has 7 nitrogen and oxygen atoms in total. The monoisotopic (exact) mass is 362 g/mol. The van der Waals surface area contributed by atoms with Crippen LogP contribution in [0.5, 0.6) is 11.5 Å². The minimum Gasteiger partial charge on any atom is -0.493 e. The topological polar surface area (TPSA) is 77.1 Å².